The molecule has 1 aromatic heterocycles. The van der Waals surface area contributed by atoms with Crippen molar-refractivity contribution in [1.82, 2.24) is 9.55 Å². The van der Waals surface area contributed by atoms with Gasteiger partial charge in [-0.1, -0.05) is 84.9 Å². The number of ether oxygens (including phenoxy) is 3. The third-order valence-electron chi connectivity index (χ3n) is 7.59. The first-order chi connectivity index (χ1) is 22.0. The van der Waals surface area contributed by atoms with Gasteiger partial charge in [-0.2, -0.15) is 0 Å². The van der Waals surface area contributed by atoms with Gasteiger partial charge in [0.15, 0.2) is 5.78 Å². The smallest absolute Gasteiger partial charge is 0.307 e. The van der Waals surface area contributed by atoms with Crippen LogP contribution in [-0.2, 0) is 27.4 Å². The lowest BCUT2D eigenvalue weighted by Gasteiger charge is -2.21. The van der Waals surface area contributed by atoms with E-state index in [1.54, 1.807) is 25.3 Å². The van der Waals surface area contributed by atoms with Crippen molar-refractivity contribution in [3.63, 3.8) is 0 Å². The Labute approximate surface area is 263 Å². The Hall–Kier alpha value is -5.21. The SMILES string of the molecule is COCn1c(-c2ccccc2)nc(C)c1CCOc1ccc(C(CC(=O)OC)Nc2ccccc2C(=O)c2ccccc2)cc1. The van der Waals surface area contributed by atoms with E-state index in [1.807, 2.05) is 97.9 Å². The fourth-order valence-corrected chi connectivity index (χ4v) is 5.30. The van der Waals surface area contributed by atoms with Gasteiger partial charge in [0, 0.05) is 41.6 Å². The number of para-hydroxylation sites is 1. The molecule has 4 aromatic carbocycles. The zero-order valence-electron chi connectivity index (χ0n) is 25.7. The Kier molecular flexibility index (Phi) is 10.4. The molecule has 1 atom stereocenters. The number of esters is 1. The Morgan fingerprint density at radius 2 is 1.51 bits per heavy atom. The van der Waals surface area contributed by atoms with E-state index in [4.69, 9.17) is 19.2 Å². The first-order valence-corrected chi connectivity index (χ1v) is 14.8. The lowest BCUT2D eigenvalue weighted by molar-refractivity contribution is -0.140. The number of carbonyl (C=O) groups is 2. The average Bonchev–Trinajstić information content (AvgIpc) is 3.39. The quantitative estimate of drug-likeness (QED) is 0.108. The van der Waals surface area contributed by atoms with Crippen molar-refractivity contribution in [2.45, 2.75) is 32.5 Å². The summed E-state index contributed by atoms with van der Waals surface area (Å²) in [4.78, 5) is 30.5. The number of methoxy groups -OCH3 is 2. The van der Waals surface area contributed by atoms with Gasteiger partial charge in [0.25, 0.3) is 0 Å². The number of carbonyl (C=O) groups excluding carboxylic acids is 2. The minimum atomic E-state index is -0.432. The summed E-state index contributed by atoms with van der Waals surface area (Å²) >= 11 is 0. The highest BCUT2D eigenvalue weighted by Gasteiger charge is 2.21. The second-order valence-electron chi connectivity index (χ2n) is 10.6. The molecule has 0 bridgehead atoms. The van der Waals surface area contributed by atoms with Crippen LogP contribution in [0.5, 0.6) is 5.75 Å². The Balaban J connectivity index is 1.30. The summed E-state index contributed by atoms with van der Waals surface area (Å²) < 4.78 is 18.7. The highest BCUT2D eigenvalue weighted by atomic mass is 16.5. The molecule has 0 fully saturated rings. The zero-order valence-corrected chi connectivity index (χ0v) is 25.7. The molecule has 8 heteroatoms. The number of hydrogen-bond donors (Lipinski definition) is 1. The van der Waals surface area contributed by atoms with Crippen LogP contribution in [0.2, 0.25) is 0 Å². The molecule has 8 nitrogen and oxygen atoms in total. The van der Waals surface area contributed by atoms with E-state index >= 15 is 0 Å². The van der Waals surface area contributed by atoms with Crippen LogP contribution >= 0.6 is 0 Å². The van der Waals surface area contributed by atoms with Gasteiger partial charge in [-0.25, -0.2) is 4.98 Å². The first kappa shape index (κ1) is 31.2. The topological polar surface area (TPSA) is 91.7 Å². The van der Waals surface area contributed by atoms with E-state index in [0.29, 0.717) is 42.3 Å². The maximum atomic E-state index is 13.3. The van der Waals surface area contributed by atoms with Crippen LogP contribution in [0, 0.1) is 6.92 Å². The number of nitrogens with one attached hydrogen (secondary N) is 1. The monoisotopic (exact) mass is 603 g/mol. The van der Waals surface area contributed by atoms with Gasteiger partial charge >= 0.3 is 5.97 Å². The second kappa shape index (κ2) is 15.0. The molecule has 0 aliphatic heterocycles. The van der Waals surface area contributed by atoms with E-state index in [0.717, 1.165) is 28.3 Å². The zero-order chi connectivity index (χ0) is 31.6. The number of rotatable bonds is 14. The summed E-state index contributed by atoms with van der Waals surface area (Å²) in [5, 5.41) is 3.42. The third-order valence-corrected chi connectivity index (χ3v) is 7.59. The molecule has 0 saturated carbocycles. The molecule has 1 heterocycles. The van der Waals surface area contributed by atoms with Gasteiger partial charge in [0.05, 0.1) is 31.9 Å². The molecule has 0 aliphatic carbocycles. The van der Waals surface area contributed by atoms with Crippen molar-refractivity contribution >= 4 is 17.4 Å². The van der Waals surface area contributed by atoms with Crippen molar-refractivity contribution in [3.05, 3.63) is 137 Å². The van der Waals surface area contributed by atoms with Gasteiger partial charge in [0.2, 0.25) is 0 Å². The molecule has 0 radical (unpaired) electrons. The summed E-state index contributed by atoms with van der Waals surface area (Å²) in [7, 11) is 3.04. The van der Waals surface area contributed by atoms with Crippen LogP contribution in [0.1, 0.15) is 45.3 Å². The summed E-state index contributed by atoms with van der Waals surface area (Å²) in [6.07, 6.45) is 0.729. The summed E-state index contributed by atoms with van der Waals surface area (Å²) in [6.45, 7) is 2.84. The minimum Gasteiger partial charge on any atom is -0.493 e. The first-order valence-electron chi connectivity index (χ1n) is 14.8. The molecule has 1 unspecified atom stereocenters. The van der Waals surface area contributed by atoms with E-state index in [2.05, 4.69) is 9.88 Å². The average molecular weight is 604 g/mol. The summed E-state index contributed by atoms with van der Waals surface area (Å²) in [5.41, 5.74) is 5.63. The predicted molar refractivity (Wildman–Crippen MR) is 174 cm³/mol. The molecular formula is C37H37N3O5. The maximum Gasteiger partial charge on any atom is 0.307 e. The third kappa shape index (κ3) is 7.66. The number of imidazole rings is 1. The van der Waals surface area contributed by atoms with Crippen molar-refractivity contribution in [2.24, 2.45) is 0 Å². The van der Waals surface area contributed by atoms with Gasteiger partial charge < -0.3 is 24.1 Å². The molecule has 5 aromatic rings. The number of hydrogen-bond acceptors (Lipinski definition) is 7. The van der Waals surface area contributed by atoms with Crippen LogP contribution in [0.15, 0.2) is 109 Å². The number of aromatic nitrogens is 2. The molecular weight excluding hydrogens is 566 g/mol. The fourth-order valence-electron chi connectivity index (χ4n) is 5.30. The normalized spacial score (nSPS) is 11.5. The van der Waals surface area contributed by atoms with E-state index < -0.39 is 6.04 Å². The van der Waals surface area contributed by atoms with Gasteiger partial charge in [-0.3, -0.25) is 9.59 Å². The molecule has 230 valence electrons. The number of aryl methyl sites for hydroxylation is 1. The molecule has 0 amide bonds. The summed E-state index contributed by atoms with van der Waals surface area (Å²) in [6, 6.07) is 33.7. The number of nitrogens with zero attached hydrogens (tertiary/aromatic N) is 2. The molecule has 0 aliphatic rings. The highest BCUT2D eigenvalue weighted by molar-refractivity contribution is 6.12. The van der Waals surface area contributed by atoms with Crippen molar-refractivity contribution in [3.8, 4) is 17.1 Å². The minimum absolute atomic E-state index is 0.0804. The van der Waals surface area contributed by atoms with Gasteiger partial charge in [-0.05, 0) is 36.8 Å². The van der Waals surface area contributed by atoms with Crippen molar-refractivity contribution in [2.75, 3.05) is 26.1 Å². The highest BCUT2D eigenvalue weighted by Crippen LogP contribution is 2.29. The summed E-state index contributed by atoms with van der Waals surface area (Å²) in [5.74, 6) is 1.11. The Morgan fingerprint density at radius 1 is 0.844 bits per heavy atom. The second-order valence-corrected chi connectivity index (χ2v) is 10.6. The van der Waals surface area contributed by atoms with E-state index in [1.165, 1.54) is 7.11 Å². The lowest BCUT2D eigenvalue weighted by Crippen LogP contribution is -2.18. The van der Waals surface area contributed by atoms with Crippen LogP contribution in [-0.4, -0.2) is 42.1 Å². The van der Waals surface area contributed by atoms with Gasteiger partial charge in [-0.15, -0.1) is 0 Å². The lowest BCUT2D eigenvalue weighted by atomic mass is 9.99. The van der Waals surface area contributed by atoms with Crippen molar-refractivity contribution in [1.29, 1.82) is 0 Å². The largest absolute Gasteiger partial charge is 0.493 e. The number of benzene rings is 4. The van der Waals surface area contributed by atoms with Crippen molar-refractivity contribution < 1.29 is 23.8 Å². The molecule has 1 N–H and O–H groups in total. The van der Waals surface area contributed by atoms with Crippen LogP contribution in [0.4, 0.5) is 5.69 Å². The van der Waals surface area contributed by atoms with E-state index in [-0.39, 0.29) is 18.2 Å². The van der Waals surface area contributed by atoms with Gasteiger partial charge in [0.1, 0.15) is 18.3 Å². The molecule has 0 saturated heterocycles. The molecule has 5 rings (SSSR count). The maximum absolute atomic E-state index is 13.3. The standard InChI is InChI=1S/C37H37N3O5/c1-26-34(40(25-43-2)37(38-26)29-14-8-5-9-15-29)22-23-45-30-20-18-27(19-21-30)33(24-35(41)44-3)39-32-17-11-10-16-31(32)36(42)28-12-6-4-7-13-28/h4-21,33,39H,22-25H2,1-3H3. The van der Waals surface area contributed by atoms with Crippen LogP contribution < -0.4 is 10.1 Å². The molecule has 45 heavy (non-hydrogen) atoms. The van der Waals surface area contributed by atoms with Crippen LogP contribution in [0.3, 0.4) is 0 Å². The van der Waals surface area contributed by atoms with E-state index in [9.17, 15) is 9.59 Å². The number of ketones is 1. The fraction of sp³-hybridized carbons (Fsp3) is 0.216. The van der Waals surface area contributed by atoms with Crippen LogP contribution in [0.25, 0.3) is 11.4 Å². The number of anilines is 1. The Bertz CT molecular complexity index is 1720. The molecule has 0 spiro atoms. The Morgan fingerprint density at radius 3 is 2.20 bits per heavy atom. The predicted octanol–water partition coefficient (Wildman–Crippen LogP) is 7.03.